The van der Waals surface area contributed by atoms with Crippen molar-refractivity contribution in [3.05, 3.63) is 29.8 Å². The lowest BCUT2D eigenvalue weighted by atomic mass is 10.0. The van der Waals surface area contributed by atoms with E-state index in [0.717, 1.165) is 5.56 Å². The van der Waals surface area contributed by atoms with Crippen molar-refractivity contribution >= 4 is 10.3 Å². The summed E-state index contributed by atoms with van der Waals surface area (Å²) in [6.45, 7) is 3.86. The highest BCUT2D eigenvalue weighted by atomic mass is 32.2. The summed E-state index contributed by atoms with van der Waals surface area (Å²) >= 11 is 0. The lowest BCUT2D eigenvalue weighted by molar-refractivity contribution is -0.231. The van der Waals surface area contributed by atoms with E-state index in [-0.39, 0.29) is 6.54 Å². The third kappa shape index (κ3) is 3.29. The minimum Gasteiger partial charge on any atom is -0.462 e. The Kier molecular flexibility index (Phi) is 4.33. The Labute approximate surface area is 119 Å². The summed E-state index contributed by atoms with van der Waals surface area (Å²) in [4.78, 5) is 0. The van der Waals surface area contributed by atoms with Crippen LogP contribution in [0.2, 0.25) is 0 Å². The van der Waals surface area contributed by atoms with E-state index in [1.165, 1.54) is 0 Å². The molecule has 0 aromatic heterocycles. The van der Waals surface area contributed by atoms with E-state index in [4.69, 9.17) is 14.0 Å². The molecule has 2 rings (SSSR count). The predicted molar refractivity (Wildman–Crippen MR) is 73.8 cm³/mol. The largest absolute Gasteiger partial charge is 0.462 e. The molecule has 20 heavy (non-hydrogen) atoms. The maximum absolute atomic E-state index is 10.8. The second kappa shape index (κ2) is 5.69. The third-order valence-corrected chi connectivity index (χ3v) is 3.98. The molecule has 0 radical (unpaired) electrons. The van der Waals surface area contributed by atoms with E-state index >= 15 is 0 Å². The van der Waals surface area contributed by atoms with Gasteiger partial charge in [-0.05, 0) is 6.07 Å². The smallest absolute Gasteiger partial charge is 0.333 e. The van der Waals surface area contributed by atoms with Gasteiger partial charge in [-0.25, -0.2) is 0 Å². The zero-order chi connectivity index (χ0) is 14.8. The number of ether oxygens (including phenoxy) is 2. The molecule has 112 valence electrons. The Morgan fingerprint density at radius 3 is 2.55 bits per heavy atom. The first kappa shape index (κ1) is 15.2. The first-order valence-electron chi connectivity index (χ1n) is 6.57. The van der Waals surface area contributed by atoms with Gasteiger partial charge in [-0.3, -0.25) is 4.55 Å². The average molecular weight is 301 g/mol. The van der Waals surface area contributed by atoms with Crippen LogP contribution in [-0.2, 0) is 15.0 Å². The molecule has 0 saturated carbocycles. The minimum atomic E-state index is -4.25. The van der Waals surface area contributed by atoms with Crippen molar-refractivity contribution < 1.29 is 22.4 Å². The number of nitrogens with one attached hydrogen (secondary N) is 1. The topological polar surface area (TPSA) is 84.9 Å². The standard InChI is InChI=1S/C13H19NO5S/c1-3-13(4-2)18-11-8-6-5-7-10(11)12(19-13)9-14-20(15,16)17/h5-8,12,14H,3-4,9H2,1-2H3,(H,15,16,17)/t12-/m0/s1. The zero-order valence-electron chi connectivity index (χ0n) is 11.5. The highest BCUT2D eigenvalue weighted by molar-refractivity contribution is 7.83. The fourth-order valence-electron chi connectivity index (χ4n) is 2.28. The lowest BCUT2D eigenvalue weighted by Crippen LogP contribution is -2.45. The highest BCUT2D eigenvalue weighted by Crippen LogP contribution is 2.41. The van der Waals surface area contributed by atoms with Crippen molar-refractivity contribution in [1.29, 1.82) is 0 Å². The lowest BCUT2D eigenvalue weighted by Gasteiger charge is -2.41. The van der Waals surface area contributed by atoms with E-state index in [0.29, 0.717) is 18.6 Å². The van der Waals surface area contributed by atoms with Crippen LogP contribution in [0, 0.1) is 0 Å². The van der Waals surface area contributed by atoms with Gasteiger partial charge in [-0.1, -0.05) is 32.0 Å². The van der Waals surface area contributed by atoms with E-state index in [1.54, 1.807) is 0 Å². The fourth-order valence-corrected chi connectivity index (χ4v) is 2.64. The van der Waals surface area contributed by atoms with Crippen molar-refractivity contribution in [2.24, 2.45) is 0 Å². The van der Waals surface area contributed by atoms with Crippen molar-refractivity contribution in [3.8, 4) is 5.75 Å². The van der Waals surface area contributed by atoms with Crippen LogP contribution < -0.4 is 9.46 Å². The summed E-state index contributed by atoms with van der Waals surface area (Å²) in [5, 5.41) is 0. The van der Waals surface area contributed by atoms with Crippen LogP contribution in [0.5, 0.6) is 5.75 Å². The zero-order valence-corrected chi connectivity index (χ0v) is 12.3. The van der Waals surface area contributed by atoms with Crippen LogP contribution in [0.1, 0.15) is 38.4 Å². The average Bonchev–Trinajstić information content (AvgIpc) is 2.43. The molecular weight excluding hydrogens is 282 g/mol. The van der Waals surface area contributed by atoms with Gasteiger partial charge in [0.2, 0.25) is 5.79 Å². The number of para-hydroxylation sites is 1. The summed E-state index contributed by atoms with van der Waals surface area (Å²) in [5.74, 6) is -0.0792. The van der Waals surface area contributed by atoms with Crippen LogP contribution in [0.25, 0.3) is 0 Å². The maximum Gasteiger partial charge on any atom is 0.333 e. The van der Waals surface area contributed by atoms with Gasteiger partial charge in [0.25, 0.3) is 0 Å². The van der Waals surface area contributed by atoms with Crippen molar-refractivity contribution in [2.45, 2.75) is 38.6 Å². The van der Waals surface area contributed by atoms with Crippen molar-refractivity contribution in [1.82, 2.24) is 4.72 Å². The number of rotatable bonds is 5. The van der Waals surface area contributed by atoms with Crippen LogP contribution in [-0.4, -0.2) is 25.3 Å². The number of benzene rings is 1. The summed E-state index contributed by atoms with van der Waals surface area (Å²) in [6.07, 6.45) is 0.780. The van der Waals surface area contributed by atoms with E-state index < -0.39 is 22.2 Å². The molecule has 2 N–H and O–H groups in total. The molecule has 1 aliphatic heterocycles. The molecule has 0 spiro atoms. The first-order valence-corrected chi connectivity index (χ1v) is 8.01. The highest BCUT2D eigenvalue weighted by Gasteiger charge is 2.39. The minimum absolute atomic E-state index is 0.0407. The second-order valence-electron chi connectivity index (χ2n) is 4.69. The molecule has 0 saturated heterocycles. The van der Waals surface area contributed by atoms with Crippen LogP contribution in [0.4, 0.5) is 0 Å². The van der Waals surface area contributed by atoms with Gasteiger partial charge in [0.05, 0.1) is 0 Å². The maximum atomic E-state index is 10.8. The molecule has 1 aromatic carbocycles. The first-order chi connectivity index (χ1) is 9.39. The van der Waals surface area contributed by atoms with E-state index in [2.05, 4.69) is 4.72 Å². The molecule has 1 heterocycles. The molecule has 0 fully saturated rings. The number of hydrogen-bond acceptors (Lipinski definition) is 4. The summed E-state index contributed by atoms with van der Waals surface area (Å²) in [5.41, 5.74) is 0.765. The summed E-state index contributed by atoms with van der Waals surface area (Å²) in [7, 11) is -4.25. The molecule has 1 aliphatic rings. The molecule has 6 nitrogen and oxygen atoms in total. The molecule has 7 heteroatoms. The monoisotopic (exact) mass is 301 g/mol. The molecule has 1 atom stereocenters. The normalized spacial score (nSPS) is 21.1. The quantitative estimate of drug-likeness (QED) is 0.813. The fraction of sp³-hybridized carbons (Fsp3) is 0.538. The Morgan fingerprint density at radius 2 is 1.95 bits per heavy atom. The number of fused-ring (bicyclic) bond motifs is 1. The van der Waals surface area contributed by atoms with Gasteiger partial charge in [0.15, 0.2) is 0 Å². The SMILES string of the molecule is CCC1(CC)Oc2ccccc2[C@H](CNS(=O)(=O)O)O1. The Morgan fingerprint density at radius 1 is 1.30 bits per heavy atom. The van der Waals surface area contributed by atoms with E-state index in [1.807, 2.05) is 38.1 Å². The Balaban J connectivity index is 2.30. The predicted octanol–water partition coefficient (Wildman–Crippen LogP) is 2.05. The Bertz CT molecular complexity index is 568. The van der Waals surface area contributed by atoms with Gasteiger partial charge < -0.3 is 9.47 Å². The third-order valence-electron chi connectivity index (χ3n) is 3.45. The molecular formula is C13H19NO5S. The molecule has 0 unspecified atom stereocenters. The van der Waals surface area contributed by atoms with Gasteiger partial charge in [0, 0.05) is 24.9 Å². The van der Waals surface area contributed by atoms with Crippen LogP contribution in [0.3, 0.4) is 0 Å². The van der Waals surface area contributed by atoms with Gasteiger partial charge >= 0.3 is 10.3 Å². The van der Waals surface area contributed by atoms with Crippen LogP contribution >= 0.6 is 0 Å². The van der Waals surface area contributed by atoms with Crippen molar-refractivity contribution in [2.75, 3.05) is 6.54 Å². The molecule has 0 amide bonds. The molecule has 0 aliphatic carbocycles. The van der Waals surface area contributed by atoms with Crippen molar-refractivity contribution in [3.63, 3.8) is 0 Å². The summed E-state index contributed by atoms with van der Waals surface area (Å²) in [6, 6.07) is 7.34. The van der Waals surface area contributed by atoms with Gasteiger partial charge in [-0.15, -0.1) is 0 Å². The van der Waals surface area contributed by atoms with Gasteiger partial charge in [0.1, 0.15) is 11.9 Å². The molecule has 1 aromatic rings. The Hall–Kier alpha value is -1.15. The summed E-state index contributed by atoms with van der Waals surface area (Å²) < 4.78 is 44.4. The number of hydrogen-bond donors (Lipinski definition) is 2. The second-order valence-corrected chi connectivity index (χ2v) is 5.93. The van der Waals surface area contributed by atoms with Gasteiger partial charge in [-0.2, -0.15) is 13.1 Å². The van der Waals surface area contributed by atoms with E-state index in [9.17, 15) is 8.42 Å². The van der Waals surface area contributed by atoms with Crippen LogP contribution in [0.15, 0.2) is 24.3 Å². The molecule has 0 bridgehead atoms.